The lowest BCUT2D eigenvalue weighted by Gasteiger charge is -2.11. The molecule has 5 aromatic rings. The van der Waals surface area contributed by atoms with Crippen molar-refractivity contribution in [2.24, 2.45) is 0 Å². The van der Waals surface area contributed by atoms with Crippen LogP contribution < -0.4 is 5.73 Å². The van der Waals surface area contributed by atoms with E-state index in [-0.39, 0.29) is 0 Å². The van der Waals surface area contributed by atoms with Crippen molar-refractivity contribution in [3.8, 4) is 22.9 Å². The maximum absolute atomic E-state index is 6.15. The van der Waals surface area contributed by atoms with Crippen LogP contribution in [-0.4, -0.2) is 34.3 Å². The van der Waals surface area contributed by atoms with Crippen molar-refractivity contribution < 1.29 is 0 Å². The number of rotatable bonds is 4. The van der Waals surface area contributed by atoms with E-state index < -0.39 is 0 Å². The molecule has 0 spiro atoms. The third-order valence-electron chi connectivity index (χ3n) is 4.57. The number of benzene rings is 1. The highest BCUT2D eigenvalue weighted by molar-refractivity contribution is 6.17. The van der Waals surface area contributed by atoms with Gasteiger partial charge in [-0.05, 0) is 42.0 Å². The highest BCUT2D eigenvalue weighted by atomic mass is 35.5. The molecule has 5 rings (SSSR count). The second-order valence-corrected chi connectivity index (χ2v) is 6.63. The van der Waals surface area contributed by atoms with Gasteiger partial charge in [0.05, 0.1) is 5.56 Å². The van der Waals surface area contributed by atoms with Gasteiger partial charge in [0.1, 0.15) is 24.0 Å². The predicted molar refractivity (Wildman–Crippen MR) is 111 cm³/mol. The van der Waals surface area contributed by atoms with E-state index in [1.54, 1.807) is 17.2 Å². The van der Waals surface area contributed by atoms with Gasteiger partial charge in [0.25, 0.3) is 0 Å². The van der Waals surface area contributed by atoms with E-state index >= 15 is 0 Å². The number of alkyl halides is 1. The molecule has 0 saturated heterocycles. The number of nitrogens with zero attached hydrogens (tertiary/aromatic N) is 7. The molecular formula is C20H15ClN8. The molecular weight excluding hydrogens is 388 g/mol. The van der Waals surface area contributed by atoms with Crippen LogP contribution in [-0.2, 0) is 5.88 Å². The van der Waals surface area contributed by atoms with Crippen molar-refractivity contribution in [3.63, 3.8) is 0 Å². The van der Waals surface area contributed by atoms with Crippen molar-refractivity contribution in [2.45, 2.75) is 5.88 Å². The summed E-state index contributed by atoms with van der Waals surface area (Å²) in [6.07, 6.45) is 4.72. The first kappa shape index (κ1) is 17.3. The zero-order chi connectivity index (χ0) is 19.8. The van der Waals surface area contributed by atoms with Gasteiger partial charge >= 0.3 is 0 Å². The summed E-state index contributed by atoms with van der Waals surface area (Å²) in [4.78, 5) is 17.8. The molecule has 4 heterocycles. The SMILES string of the molecule is Nc1ncccc1-c1nc2ccc(-n3cncn3)nc2n1-c1ccc(CCl)cc1. The van der Waals surface area contributed by atoms with Crippen LogP contribution in [0.4, 0.5) is 5.82 Å². The molecule has 0 fully saturated rings. The molecule has 0 bridgehead atoms. The van der Waals surface area contributed by atoms with Gasteiger partial charge in [-0.2, -0.15) is 5.10 Å². The minimum atomic E-state index is 0.401. The number of halogens is 1. The van der Waals surface area contributed by atoms with Crippen LogP contribution in [0.5, 0.6) is 0 Å². The van der Waals surface area contributed by atoms with E-state index in [4.69, 9.17) is 27.3 Å². The maximum Gasteiger partial charge on any atom is 0.167 e. The molecule has 4 aromatic heterocycles. The van der Waals surface area contributed by atoms with E-state index in [2.05, 4.69) is 15.1 Å². The van der Waals surface area contributed by atoms with Crippen LogP contribution in [0.3, 0.4) is 0 Å². The van der Waals surface area contributed by atoms with Crippen LogP contribution in [0, 0.1) is 0 Å². The summed E-state index contributed by atoms with van der Waals surface area (Å²) in [6, 6.07) is 15.4. The summed E-state index contributed by atoms with van der Waals surface area (Å²) in [5.41, 5.74) is 10.2. The topological polar surface area (TPSA) is 100 Å². The molecule has 0 saturated carbocycles. The molecule has 8 nitrogen and oxygen atoms in total. The highest BCUT2D eigenvalue weighted by Crippen LogP contribution is 2.30. The Morgan fingerprint density at radius 2 is 1.86 bits per heavy atom. The molecule has 0 amide bonds. The minimum Gasteiger partial charge on any atom is -0.383 e. The number of hydrogen-bond acceptors (Lipinski definition) is 6. The number of fused-ring (bicyclic) bond motifs is 1. The van der Waals surface area contributed by atoms with Crippen molar-refractivity contribution >= 4 is 28.6 Å². The van der Waals surface area contributed by atoms with Gasteiger partial charge in [0.2, 0.25) is 0 Å². The number of nitrogen functional groups attached to an aromatic ring is 1. The Labute approximate surface area is 170 Å². The Hall–Kier alpha value is -3.78. The van der Waals surface area contributed by atoms with Crippen molar-refractivity contribution in [3.05, 3.63) is 72.9 Å². The zero-order valence-electron chi connectivity index (χ0n) is 15.1. The molecule has 0 aliphatic rings. The lowest BCUT2D eigenvalue weighted by Crippen LogP contribution is -2.03. The smallest absolute Gasteiger partial charge is 0.167 e. The number of hydrogen-bond donors (Lipinski definition) is 1. The maximum atomic E-state index is 6.15. The number of aromatic nitrogens is 7. The average Bonchev–Trinajstić information content (AvgIpc) is 3.42. The Kier molecular flexibility index (Phi) is 4.18. The molecule has 142 valence electrons. The second kappa shape index (κ2) is 6.99. The summed E-state index contributed by atoms with van der Waals surface area (Å²) in [5.74, 6) is 2.15. The minimum absolute atomic E-state index is 0.401. The van der Waals surface area contributed by atoms with Crippen molar-refractivity contribution in [1.29, 1.82) is 0 Å². The molecule has 29 heavy (non-hydrogen) atoms. The summed E-state index contributed by atoms with van der Waals surface area (Å²) < 4.78 is 3.56. The van der Waals surface area contributed by atoms with E-state index in [0.29, 0.717) is 29.0 Å². The zero-order valence-corrected chi connectivity index (χ0v) is 15.9. The monoisotopic (exact) mass is 402 g/mol. The first-order valence-electron chi connectivity index (χ1n) is 8.85. The standard InChI is InChI=1S/C20H15ClN8/c21-10-13-3-5-14(6-4-13)29-19(15-2-1-9-24-18(15)22)26-16-7-8-17(27-20(16)29)28-12-23-11-25-28/h1-9,11-12H,10H2,(H2,22,24). The van der Waals surface area contributed by atoms with E-state index in [1.165, 1.54) is 6.33 Å². The van der Waals surface area contributed by atoms with Crippen LogP contribution in [0.1, 0.15) is 5.56 Å². The largest absolute Gasteiger partial charge is 0.383 e. The highest BCUT2D eigenvalue weighted by Gasteiger charge is 2.18. The molecule has 0 radical (unpaired) electrons. The van der Waals surface area contributed by atoms with Gasteiger partial charge in [0, 0.05) is 17.8 Å². The molecule has 0 unspecified atom stereocenters. The molecule has 0 aliphatic heterocycles. The van der Waals surface area contributed by atoms with Crippen LogP contribution in [0.25, 0.3) is 34.1 Å². The van der Waals surface area contributed by atoms with Crippen LogP contribution in [0.2, 0.25) is 0 Å². The second-order valence-electron chi connectivity index (χ2n) is 6.36. The van der Waals surface area contributed by atoms with Crippen molar-refractivity contribution in [1.82, 2.24) is 34.3 Å². The van der Waals surface area contributed by atoms with Gasteiger partial charge < -0.3 is 5.73 Å². The predicted octanol–water partition coefficient (Wildman–Crippen LogP) is 3.38. The van der Waals surface area contributed by atoms with Crippen molar-refractivity contribution in [2.75, 3.05) is 5.73 Å². The Morgan fingerprint density at radius 1 is 1.00 bits per heavy atom. The third-order valence-corrected chi connectivity index (χ3v) is 4.88. The quantitative estimate of drug-likeness (QED) is 0.462. The van der Waals surface area contributed by atoms with E-state index in [0.717, 1.165) is 22.3 Å². The molecule has 1 aromatic carbocycles. The summed E-state index contributed by atoms with van der Waals surface area (Å²) >= 11 is 5.95. The lowest BCUT2D eigenvalue weighted by molar-refractivity contribution is 0.847. The number of pyridine rings is 2. The van der Waals surface area contributed by atoms with Gasteiger partial charge in [-0.25, -0.2) is 24.6 Å². The normalized spacial score (nSPS) is 11.2. The molecule has 0 aliphatic carbocycles. The lowest BCUT2D eigenvalue weighted by atomic mass is 10.2. The Balaban J connectivity index is 1.80. The fourth-order valence-corrected chi connectivity index (χ4v) is 3.35. The molecule has 0 atom stereocenters. The number of nitrogens with two attached hydrogens (primary N) is 1. The van der Waals surface area contributed by atoms with Gasteiger partial charge in [-0.3, -0.25) is 4.57 Å². The van der Waals surface area contributed by atoms with Crippen LogP contribution in [0.15, 0.2) is 67.4 Å². The van der Waals surface area contributed by atoms with Gasteiger partial charge in [-0.15, -0.1) is 11.6 Å². The first-order chi connectivity index (χ1) is 14.2. The summed E-state index contributed by atoms with van der Waals surface area (Å²) in [7, 11) is 0. The third kappa shape index (κ3) is 2.99. The van der Waals surface area contributed by atoms with Crippen LogP contribution >= 0.6 is 11.6 Å². The average molecular weight is 403 g/mol. The fourth-order valence-electron chi connectivity index (χ4n) is 3.17. The summed E-state index contributed by atoms with van der Waals surface area (Å²) in [6.45, 7) is 0. The number of imidazole rings is 1. The van der Waals surface area contributed by atoms with E-state index in [1.807, 2.05) is 53.1 Å². The molecule has 9 heteroatoms. The number of anilines is 1. The van der Waals surface area contributed by atoms with Gasteiger partial charge in [-0.1, -0.05) is 12.1 Å². The summed E-state index contributed by atoms with van der Waals surface area (Å²) in [5, 5.41) is 4.17. The first-order valence-corrected chi connectivity index (χ1v) is 9.38. The Morgan fingerprint density at radius 3 is 2.59 bits per heavy atom. The fraction of sp³-hybridized carbons (Fsp3) is 0.0500. The Bertz CT molecular complexity index is 1290. The van der Waals surface area contributed by atoms with Gasteiger partial charge in [0.15, 0.2) is 17.3 Å². The van der Waals surface area contributed by atoms with E-state index in [9.17, 15) is 0 Å². The molecule has 2 N–H and O–H groups in total.